The van der Waals surface area contributed by atoms with Gasteiger partial charge in [0.25, 0.3) is 0 Å². The number of methoxy groups -OCH3 is 1. The third kappa shape index (κ3) is 7.19. The van der Waals surface area contributed by atoms with E-state index < -0.39 is 0 Å². The summed E-state index contributed by atoms with van der Waals surface area (Å²) in [5.74, 6) is 0.561. The molecule has 1 aromatic carbocycles. The first-order valence-electron chi connectivity index (χ1n) is 9.32. The van der Waals surface area contributed by atoms with E-state index in [-0.39, 0.29) is 40.8 Å². The van der Waals surface area contributed by atoms with E-state index in [1.165, 1.54) is 12.1 Å². The molecule has 1 saturated heterocycles. The summed E-state index contributed by atoms with van der Waals surface area (Å²) in [7, 11) is 1.70. The summed E-state index contributed by atoms with van der Waals surface area (Å²) in [4.78, 5) is 4.66. The van der Waals surface area contributed by atoms with Crippen LogP contribution in [0, 0.1) is 5.82 Å². The molecular formula is C20H33FIN3O2. The van der Waals surface area contributed by atoms with Gasteiger partial charge in [-0.15, -0.1) is 24.0 Å². The van der Waals surface area contributed by atoms with Gasteiger partial charge in [0.1, 0.15) is 5.82 Å². The summed E-state index contributed by atoms with van der Waals surface area (Å²) in [6.07, 6.45) is 1.79. The zero-order valence-electron chi connectivity index (χ0n) is 16.8. The van der Waals surface area contributed by atoms with Gasteiger partial charge in [0.05, 0.1) is 12.1 Å². The van der Waals surface area contributed by atoms with Crippen LogP contribution < -0.4 is 10.6 Å². The molecule has 0 atom stereocenters. The molecule has 27 heavy (non-hydrogen) atoms. The van der Waals surface area contributed by atoms with E-state index in [9.17, 15) is 4.39 Å². The van der Waals surface area contributed by atoms with Gasteiger partial charge in [0.15, 0.2) is 5.96 Å². The highest BCUT2D eigenvalue weighted by molar-refractivity contribution is 14.0. The number of hydrogen-bond acceptors (Lipinski definition) is 3. The van der Waals surface area contributed by atoms with Crippen LogP contribution in [0.4, 0.5) is 4.39 Å². The standard InChI is InChI=1S/C20H32FN3O2.HI/c1-5-22-18(23-14-19(2,3)25-4)24-15-20(10-12-26-13-11-20)16-6-8-17(21)9-7-16;/h6-9H,5,10-15H2,1-4H3,(H2,22,23,24);1H. The Labute approximate surface area is 179 Å². The van der Waals surface area contributed by atoms with Crippen molar-refractivity contribution in [1.82, 2.24) is 10.6 Å². The monoisotopic (exact) mass is 493 g/mol. The fourth-order valence-electron chi connectivity index (χ4n) is 3.06. The van der Waals surface area contributed by atoms with Crippen molar-refractivity contribution in [1.29, 1.82) is 0 Å². The Hall–Kier alpha value is -0.930. The molecule has 7 heteroatoms. The lowest BCUT2D eigenvalue weighted by atomic mass is 9.74. The molecule has 1 fully saturated rings. The van der Waals surface area contributed by atoms with E-state index in [1.54, 1.807) is 7.11 Å². The van der Waals surface area contributed by atoms with Gasteiger partial charge in [-0.05, 0) is 51.3 Å². The number of rotatable bonds is 7. The predicted molar refractivity (Wildman–Crippen MR) is 119 cm³/mol. The summed E-state index contributed by atoms with van der Waals surface area (Å²) < 4.78 is 24.4. The molecule has 0 unspecified atom stereocenters. The number of benzene rings is 1. The fourth-order valence-corrected chi connectivity index (χ4v) is 3.06. The minimum absolute atomic E-state index is 0. The van der Waals surface area contributed by atoms with Crippen molar-refractivity contribution < 1.29 is 13.9 Å². The number of halogens is 2. The highest BCUT2D eigenvalue weighted by Gasteiger charge is 2.34. The molecule has 0 aromatic heterocycles. The van der Waals surface area contributed by atoms with E-state index in [2.05, 4.69) is 15.6 Å². The van der Waals surface area contributed by atoms with Crippen LogP contribution in [0.2, 0.25) is 0 Å². The van der Waals surface area contributed by atoms with Gasteiger partial charge < -0.3 is 20.1 Å². The Morgan fingerprint density at radius 3 is 2.41 bits per heavy atom. The molecule has 0 amide bonds. The molecule has 0 saturated carbocycles. The van der Waals surface area contributed by atoms with Crippen LogP contribution in [-0.2, 0) is 14.9 Å². The second-order valence-corrected chi connectivity index (χ2v) is 7.41. The molecule has 2 N–H and O–H groups in total. The average molecular weight is 493 g/mol. The molecule has 2 rings (SSSR count). The molecule has 1 aliphatic heterocycles. The topological polar surface area (TPSA) is 54.9 Å². The first kappa shape index (κ1) is 24.1. The quantitative estimate of drug-likeness (QED) is 0.347. The van der Waals surface area contributed by atoms with Crippen LogP contribution in [-0.4, -0.2) is 51.5 Å². The molecule has 0 bridgehead atoms. The van der Waals surface area contributed by atoms with E-state index in [1.807, 2.05) is 32.9 Å². The average Bonchev–Trinajstić information content (AvgIpc) is 2.65. The minimum atomic E-state index is -0.310. The number of ether oxygens (including phenoxy) is 2. The SMILES string of the molecule is CCNC(=NCC(C)(C)OC)NCC1(c2ccc(F)cc2)CCOCC1.I. The first-order valence-corrected chi connectivity index (χ1v) is 9.32. The van der Waals surface area contributed by atoms with Crippen LogP contribution in [0.1, 0.15) is 39.2 Å². The van der Waals surface area contributed by atoms with E-state index in [4.69, 9.17) is 9.47 Å². The van der Waals surface area contributed by atoms with E-state index >= 15 is 0 Å². The summed E-state index contributed by atoms with van der Waals surface area (Å²) in [5.41, 5.74) is 0.747. The fraction of sp³-hybridized carbons (Fsp3) is 0.650. The Bertz CT molecular complexity index is 587. The number of aliphatic imine (C=N–C) groups is 1. The van der Waals surface area contributed by atoms with Gasteiger partial charge in [-0.2, -0.15) is 0 Å². The molecule has 0 radical (unpaired) electrons. The second-order valence-electron chi connectivity index (χ2n) is 7.41. The minimum Gasteiger partial charge on any atom is -0.381 e. The summed E-state index contributed by atoms with van der Waals surface area (Å²) in [5, 5.41) is 6.76. The van der Waals surface area contributed by atoms with Crippen molar-refractivity contribution >= 4 is 29.9 Å². The Morgan fingerprint density at radius 2 is 1.85 bits per heavy atom. The molecule has 0 spiro atoms. The number of hydrogen-bond donors (Lipinski definition) is 2. The van der Waals surface area contributed by atoms with Crippen LogP contribution in [0.3, 0.4) is 0 Å². The molecule has 0 aliphatic carbocycles. The molecule has 5 nitrogen and oxygen atoms in total. The number of nitrogens with one attached hydrogen (secondary N) is 2. The highest BCUT2D eigenvalue weighted by Crippen LogP contribution is 2.34. The highest BCUT2D eigenvalue weighted by atomic mass is 127. The molecule has 1 aromatic rings. The van der Waals surface area contributed by atoms with Crippen LogP contribution in [0.5, 0.6) is 0 Å². The molecule has 1 aliphatic rings. The third-order valence-corrected chi connectivity index (χ3v) is 5.02. The lowest BCUT2D eigenvalue weighted by Crippen LogP contribution is -2.48. The van der Waals surface area contributed by atoms with Crippen molar-refractivity contribution in [2.24, 2.45) is 4.99 Å². The second kappa shape index (κ2) is 11.2. The van der Waals surface area contributed by atoms with Gasteiger partial charge in [-0.3, -0.25) is 4.99 Å². The van der Waals surface area contributed by atoms with Gasteiger partial charge in [0.2, 0.25) is 0 Å². The molecule has 1 heterocycles. The smallest absolute Gasteiger partial charge is 0.191 e. The summed E-state index contributed by atoms with van der Waals surface area (Å²) in [6, 6.07) is 6.85. The number of nitrogens with zero attached hydrogens (tertiary/aromatic N) is 1. The van der Waals surface area contributed by atoms with Crippen LogP contribution >= 0.6 is 24.0 Å². The van der Waals surface area contributed by atoms with Crippen LogP contribution in [0.15, 0.2) is 29.3 Å². The van der Waals surface area contributed by atoms with Crippen molar-refractivity contribution in [2.75, 3.05) is 40.0 Å². The zero-order chi connectivity index (χ0) is 19.0. The van der Waals surface area contributed by atoms with Gasteiger partial charge in [-0.1, -0.05) is 12.1 Å². The summed E-state index contributed by atoms with van der Waals surface area (Å²) in [6.45, 7) is 9.56. The lowest BCUT2D eigenvalue weighted by Gasteiger charge is -2.38. The largest absolute Gasteiger partial charge is 0.381 e. The van der Waals surface area contributed by atoms with Gasteiger partial charge in [-0.25, -0.2) is 4.39 Å². The maximum atomic E-state index is 13.4. The van der Waals surface area contributed by atoms with Crippen molar-refractivity contribution in [3.8, 4) is 0 Å². The maximum absolute atomic E-state index is 13.4. The molecule has 154 valence electrons. The first-order chi connectivity index (χ1) is 12.4. The van der Waals surface area contributed by atoms with E-state index in [0.717, 1.165) is 37.5 Å². The van der Waals surface area contributed by atoms with Crippen molar-refractivity contribution in [3.05, 3.63) is 35.6 Å². The van der Waals surface area contributed by atoms with Crippen molar-refractivity contribution in [2.45, 2.75) is 44.6 Å². The van der Waals surface area contributed by atoms with E-state index in [0.29, 0.717) is 19.8 Å². The summed E-state index contributed by atoms with van der Waals surface area (Å²) >= 11 is 0. The Morgan fingerprint density at radius 1 is 1.22 bits per heavy atom. The third-order valence-electron chi connectivity index (χ3n) is 5.02. The van der Waals surface area contributed by atoms with Crippen LogP contribution in [0.25, 0.3) is 0 Å². The maximum Gasteiger partial charge on any atom is 0.191 e. The van der Waals surface area contributed by atoms with Gasteiger partial charge in [0, 0.05) is 38.8 Å². The van der Waals surface area contributed by atoms with Gasteiger partial charge >= 0.3 is 0 Å². The predicted octanol–water partition coefficient (Wildman–Crippen LogP) is 3.47. The normalized spacial score (nSPS) is 17.1. The lowest BCUT2D eigenvalue weighted by molar-refractivity contribution is 0.0310. The Kier molecular flexibility index (Phi) is 9.97. The number of guanidine groups is 1. The zero-order valence-corrected chi connectivity index (χ0v) is 19.1. The Balaban J connectivity index is 0.00000364. The van der Waals surface area contributed by atoms with Crippen molar-refractivity contribution in [3.63, 3.8) is 0 Å². The molecular weight excluding hydrogens is 460 g/mol.